The summed E-state index contributed by atoms with van der Waals surface area (Å²) in [6, 6.07) is 9.48. The number of carbonyl (C=O) groups excluding carboxylic acids is 1. The molecule has 0 saturated carbocycles. The number of hydrogen-bond acceptors (Lipinski definition) is 7. The van der Waals surface area contributed by atoms with Gasteiger partial charge in [-0.1, -0.05) is 12.1 Å². The number of amides is 1. The second-order valence-corrected chi connectivity index (χ2v) is 10.5. The summed E-state index contributed by atoms with van der Waals surface area (Å²) in [4.78, 5) is 18.6. The molecule has 3 heterocycles. The fraction of sp³-hybridized carbons (Fsp3) is 0.429. The highest BCUT2D eigenvalue weighted by molar-refractivity contribution is 7.91. The molecule has 0 radical (unpaired) electrons. The summed E-state index contributed by atoms with van der Waals surface area (Å²) >= 11 is 0. The summed E-state index contributed by atoms with van der Waals surface area (Å²) in [7, 11) is -1.16. The van der Waals surface area contributed by atoms with Gasteiger partial charge >= 0.3 is 0 Å². The lowest BCUT2D eigenvalue weighted by Gasteiger charge is -2.25. The molecule has 0 bridgehead atoms. The number of benzene rings is 1. The minimum Gasteiger partial charge on any atom is -0.310 e. The van der Waals surface area contributed by atoms with Gasteiger partial charge in [0, 0.05) is 12.1 Å². The smallest absolute Gasteiger partial charge is 0.239 e. The van der Waals surface area contributed by atoms with Crippen LogP contribution in [0.5, 0.6) is 0 Å². The number of likely N-dealkylation sites (N-methyl/N-ethyl adjacent to an activating group) is 1. The molecule has 10 nitrogen and oxygen atoms in total. The number of carbonyl (C=O) groups is 1. The average molecular weight is 458 g/mol. The fourth-order valence-electron chi connectivity index (χ4n) is 3.90. The monoisotopic (exact) mass is 457 g/mol. The van der Waals surface area contributed by atoms with Crippen molar-refractivity contribution in [2.75, 3.05) is 30.4 Å². The van der Waals surface area contributed by atoms with Gasteiger partial charge in [0.25, 0.3) is 0 Å². The Balaban J connectivity index is 1.39. The zero-order chi connectivity index (χ0) is 22.9. The van der Waals surface area contributed by atoms with Crippen LogP contribution in [0.25, 0.3) is 5.69 Å². The minimum atomic E-state index is -3.05. The number of aromatic nitrogens is 5. The lowest BCUT2D eigenvalue weighted by Crippen LogP contribution is -2.33. The molecular weight excluding hydrogens is 430 g/mol. The lowest BCUT2D eigenvalue weighted by atomic mass is 10.1. The van der Waals surface area contributed by atoms with Crippen molar-refractivity contribution in [2.45, 2.75) is 32.4 Å². The third kappa shape index (κ3) is 4.89. The van der Waals surface area contributed by atoms with Crippen LogP contribution in [0.3, 0.4) is 0 Å². The molecule has 2 unspecified atom stereocenters. The number of aryl methyl sites for hydroxylation is 1. The van der Waals surface area contributed by atoms with E-state index in [1.807, 2.05) is 50.1 Å². The summed E-state index contributed by atoms with van der Waals surface area (Å²) in [5, 5.41) is 11.4. The zero-order valence-corrected chi connectivity index (χ0v) is 19.2. The highest BCUT2D eigenvalue weighted by atomic mass is 32.2. The first kappa shape index (κ1) is 22.2. The molecule has 2 aromatic heterocycles. The van der Waals surface area contributed by atoms with Crippen LogP contribution in [-0.2, 0) is 14.6 Å². The maximum atomic E-state index is 12.7. The summed E-state index contributed by atoms with van der Waals surface area (Å²) in [6.07, 6.45) is 3.64. The van der Waals surface area contributed by atoms with Gasteiger partial charge in [0.05, 0.1) is 35.5 Å². The molecule has 11 heteroatoms. The summed E-state index contributed by atoms with van der Waals surface area (Å²) in [5.74, 6) is 0.562. The first-order chi connectivity index (χ1) is 15.2. The summed E-state index contributed by atoms with van der Waals surface area (Å²) < 4.78 is 27.0. The van der Waals surface area contributed by atoms with E-state index in [1.54, 1.807) is 21.8 Å². The third-order valence-electron chi connectivity index (χ3n) is 5.79. The Bertz CT molecular complexity index is 1190. The molecule has 170 valence electrons. The van der Waals surface area contributed by atoms with Crippen LogP contribution in [0.1, 0.15) is 36.7 Å². The summed E-state index contributed by atoms with van der Waals surface area (Å²) in [6.45, 7) is 4.04. The number of anilines is 1. The highest BCUT2D eigenvalue weighted by Crippen LogP contribution is 2.27. The Morgan fingerprint density at radius 3 is 2.69 bits per heavy atom. The van der Waals surface area contributed by atoms with Gasteiger partial charge in [-0.3, -0.25) is 9.69 Å². The van der Waals surface area contributed by atoms with Gasteiger partial charge in [0.1, 0.15) is 18.5 Å². The van der Waals surface area contributed by atoms with E-state index >= 15 is 0 Å². The van der Waals surface area contributed by atoms with Crippen molar-refractivity contribution in [1.82, 2.24) is 29.4 Å². The van der Waals surface area contributed by atoms with E-state index in [2.05, 4.69) is 20.5 Å². The normalized spacial score (nSPS) is 18.7. The van der Waals surface area contributed by atoms with Crippen LogP contribution in [0, 0.1) is 6.92 Å². The molecule has 1 aliphatic heterocycles. The van der Waals surface area contributed by atoms with Gasteiger partial charge in [-0.2, -0.15) is 10.2 Å². The topological polar surface area (TPSA) is 115 Å². The van der Waals surface area contributed by atoms with Gasteiger partial charge < -0.3 is 5.32 Å². The van der Waals surface area contributed by atoms with E-state index in [-0.39, 0.29) is 36.0 Å². The van der Waals surface area contributed by atoms with Gasteiger partial charge in [0.2, 0.25) is 5.91 Å². The molecule has 3 aromatic rings. The Hall–Kier alpha value is -3.05. The number of sulfone groups is 1. The van der Waals surface area contributed by atoms with Crippen molar-refractivity contribution < 1.29 is 13.2 Å². The number of nitrogens with zero attached hydrogens (tertiary/aromatic N) is 6. The molecule has 32 heavy (non-hydrogen) atoms. The van der Waals surface area contributed by atoms with Gasteiger partial charge in [-0.05, 0) is 45.0 Å². The SMILES string of the molecule is Cc1cc(NC(=O)CN(C)C(C)c2ccc(-n3cncn3)cc2)n(C2CCS(=O)(=O)C2)n1. The predicted molar refractivity (Wildman–Crippen MR) is 120 cm³/mol. The maximum absolute atomic E-state index is 12.7. The standard InChI is InChI=1S/C21H27N7O3S/c1-15-10-20(28(25-15)19-8-9-32(30,31)12-19)24-21(29)11-26(3)16(2)17-4-6-18(7-5-17)27-14-22-13-23-27/h4-7,10,13-14,16,19H,8-9,11-12H2,1-3H3,(H,24,29). The minimum absolute atomic E-state index is 0.0113. The van der Waals surface area contributed by atoms with E-state index in [0.717, 1.165) is 16.9 Å². The van der Waals surface area contributed by atoms with Crippen LogP contribution in [0.15, 0.2) is 43.0 Å². The third-order valence-corrected chi connectivity index (χ3v) is 7.54. The van der Waals surface area contributed by atoms with Crippen molar-refractivity contribution in [3.05, 3.63) is 54.2 Å². The largest absolute Gasteiger partial charge is 0.310 e. The van der Waals surface area contributed by atoms with Crippen molar-refractivity contribution in [3.63, 3.8) is 0 Å². The number of hydrogen-bond donors (Lipinski definition) is 1. The van der Waals surface area contributed by atoms with Crippen LogP contribution in [0.2, 0.25) is 0 Å². The average Bonchev–Trinajstić information content (AvgIpc) is 3.48. The van der Waals surface area contributed by atoms with E-state index in [4.69, 9.17) is 0 Å². The first-order valence-electron chi connectivity index (χ1n) is 10.4. The van der Waals surface area contributed by atoms with E-state index < -0.39 is 9.84 Å². The molecule has 1 fully saturated rings. The summed E-state index contributed by atoms with van der Waals surface area (Å²) in [5.41, 5.74) is 2.72. The van der Waals surface area contributed by atoms with Gasteiger partial charge in [0.15, 0.2) is 9.84 Å². The Labute approximate surface area is 187 Å². The van der Waals surface area contributed by atoms with Crippen LogP contribution >= 0.6 is 0 Å². The van der Waals surface area contributed by atoms with Gasteiger partial charge in [-0.25, -0.2) is 22.8 Å². The second-order valence-electron chi connectivity index (χ2n) is 8.24. The van der Waals surface area contributed by atoms with E-state index in [0.29, 0.717) is 12.2 Å². The van der Waals surface area contributed by atoms with Gasteiger partial charge in [-0.15, -0.1) is 0 Å². The molecule has 2 atom stereocenters. The molecule has 0 spiro atoms. The Morgan fingerprint density at radius 2 is 2.06 bits per heavy atom. The van der Waals surface area contributed by atoms with Crippen molar-refractivity contribution in [2.24, 2.45) is 0 Å². The van der Waals surface area contributed by atoms with Crippen LogP contribution in [-0.4, -0.2) is 68.9 Å². The molecule has 4 rings (SSSR count). The molecular formula is C21H27N7O3S. The Morgan fingerprint density at radius 1 is 1.31 bits per heavy atom. The van der Waals surface area contributed by atoms with Crippen LogP contribution in [0.4, 0.5) is 5.82 Å². The van der Waals surface area contributed by atoms with Crippen molar-refractivity contribution >= 4 is 21.6 Å². The second kappa shape index (κ2) is 8.83. The van der Waals surface area contributed by atoms with E-state index in [1.165, 1.54) is 6.33 Å². The van der Waals surface area contributed by atoms with Crippen molar-refractivity contribution in [1.29, 1.82) is 0 Å². The number of rotatable bonds is 7. The number of nitrogens with one attached hydrogen (secondary N) is 1. The fourth-order valence-corrected chi connectivity index (χ4v) is 5.60. The molecule has 1 N–H and O–H groups in total. The molecule has 1 aromatic carbocycles. The lowest BCUT2D eigenvalue weighted by molar-refractivity contribution is -0.117. The predicted octanol–water partition coefficient (Wildman–Crippen LogP) is 1.76. The molecule has 1 aliphatic rings. The van der Waals surface area contributed by atoms with Crippen LogP contribution < -0.4 is 5.32 Å². The zero-order valence-electron chi connectivity index (χ0n) is 18.3. The maximum Gasteiger partial charge on any atom is 0.239 e. The Kier molecular flexibility index (Phi) is 6.11. The highest BCUT2D eigenvalue weighted by Gasteiger charge is 2.31. The molecule has 0 aliphatic carbocycles. The molecule has 1 saturated heterocycles. The molecule has 1 amide bonds. The first-order valence-corrected chi connectivity index (χ1v) is 12.3. The quantitative estimate of drug-likeness (QED) is 0.575. The van der Waals surface area contributed by atoms with E-state index in [9.17, 15) is 13.2 Å². The van der Waals surface area contributed by atoms with Crippen molar-refractivity contribution in [3.8, 4) is 5.69 Å².